The lowest BCUT2D eigenvalue weighted by Gasteiger charge is -2.28. The zero-order valence-electron chi connectivity index (χ0n) is 15.2. The molecule has 1 aromatic rings. The minimum Gasteiger partial charge on any atom is -0.339 e. The summed E-state index contributed by atoms with van der Waals surface area (Å²) in [6, 6.07) is 7.10. The number of amides is 1. The molecule has 0 saturated carbocycles. The van der Waals surface area contributed by atoms with E-state index in [9.17, 15) is 4.79 Å². The zero-order valence-corrected chi connectivity index (χ0v) is 19.0. The minimum absolute atomic E-state index is 0.180. The molecular weight excluding hydrogens is 448 g/mol. The fourth-order valence-electron chi connectivity index (χ4n) is 2.35. The lowest BCUT2D eigenvalue weighted by atomic mass is 10.1. The molecule has 0 unspecified atom stereocenters. The molecule has 0 bridgehead atoms. The third-order valence-corrected chi connectivity index (χ3v) is 4.99. The number of carbonyl (C=O) groups is 1. The van der Waals surface area contributed by atoms with Crippen LogP contribution < -0.4 is 16.0 Å². The highest BCUT2D eigenvalue weighted by Crippen LogP contribution is 2.29. The molecular formula is C18H25Cl4N3OS. The number of benzene rings is 1. The lowest BCUT2D eigenvalue weighted by molar-refractivity contribution is -0.122. The Bertz CT molecular complexity index is 611. The van der Waals surface area contributed by atoms with Gasteiger partial charge in [0.15, 0.2) is 5.11 Å². The maximum Gasteiger partial charge on any atom is 0.228 e. The zero-order chi connectivity index (χ0) is 20.3. The number of para-hydroxylation sites is 1. The summed E-state index contributed by atoms with van der Waals surface area (Å²) in [7, 11) is 0. The van der Waals surface area contributed by atoms with Crippen molar-refractivity contribution in [2.24, 2.45) is 0 Å². The predicted molar refractivity (Wildman–Crippen MR) is 121 cm³/mol. The number of alkyl halides is 3. The van der Waals surface area contributed by atoms with E-state index in [1.807, 2.05) is 6.07 Å². The fraction of sp³-hybridized carbons (Fsp3) is 0.556. The van der Waals surface area contributed by atoms with E-state index in [-0.39, 0.29) is 11.0 Å². The van der Waals surface area contributed by atoms with Crippen molar-refractivity contribution in [1.82, 2.24) is 10.6 Å². The van der Waals surface area contributed by atoms with Crippen LogP contribution in [-0.4, -0.2) is 21.0 Å². The maximum atomic E-state index is 12.2. The monoisotopic (exact) mass is 471 g/mol. The third kappa shape index (κ3) is 10.6. The summed E-state index contributed by atoms with van der Waals surface area (Å²) in [5.74, 6) is -0.199. The van der Waals surface area contributed by atoms with Gasteiger partial charge in [-0.3, -0.25) is 4.79 Å². The average Bonchev–Trinajstić information content (AvgIpc) is 2.58. The highest BCUT2D eigenvalue weighted by atomic mass is 35.6. The van der Waals surface area contributed by atoms with Crippen LogP contribution in [0.25, 0.3) is 0 Å². The highest BCUT2D eigenvalue weighted by molar-refractivity contribution is 7.80. The lowest BCUT2D eigenvalue weighted by Crippen LogP contribution is -2.56. The molecule has 0 aromatic heterocycles. The first-order chi connectivity index (χ1) is 12.7. The molecule has 4 nitrogen and oxygen atoms in total. The van der Waals surface area contributed by atoms with Crippen LogP contribution in [0.3, 0.4) is 0 Å². The van der Waals surface area contributed by atoms with Gasteiger partial charge in [-0.05, 0) is 30.8 Å². The molecule has 1 atom stereocenters. The van der Waals surface area contributed by atoms with Crippen molar-refractivity contribution in [3.63, 3.8) is 0 Å². The van der Waals surface area contributed by atoms with E-state index < -0.39 is 9.96 Å². The number of hydrogen-bond donors (Lipinski definition) is 3. The Morgan fingerprint density at radius 3 is 2.33 bits per heavy atom. The number of nitrogens with one attached hydrogen (secondary N) is 3. The topological polar surface area (TPSA) is 53.2 Å². The fourth-order valence-corrected chi connectivity index (χ4v) is 3.09. The van der Waals surface area contributed by atoms with Gasteiger partial charge in [-0.15, -0.1) is 0 Å². The van der Waals surface area contributed by atoms with Crippen molar-refractivity contribution in [2.45, 2.75) is 61.8 Å². The Balaban J connectivity index is 2.49. The molecule has 0 aliphatic carbocycles. The number of thiocarbonyl (C=S) groups is 1. The van der Waals surface area contributed by atoms with E-state index in [1.54, 1.807) is 18.2 Å². The van der Waals surface area contributed by atoms with Gasteiger partial charge in [-0.2, -0.15) is 0 Å². The molecule has 1 aromatic carbocycles. The second-order valence-electron chi connectivity index (χ2n) is 6.14. The van der Waals surface area contributed by atoms with Crippen LogP contribution >= 0.6 is 58.6 Å². The number of anilines is 1. The predicted octanol–water partition coefficient (Wildman–Crippen LogP) is 6.19. The Morgan fingerprint density at radius 1 is 1.07 bits per heavy atom. The standard InChI is InChI=1S/C18H25Cl4N3OS/c1-2-3-4-5-6-7-12-15(26)24-16(18(20,21)22)25-17(27)23-14-11-9-8-10-13(14)19/h8-11,16H,2-7,12H2,1H3,(H,24,26)(H2,23,25,27)/t16-/m1/s1. The first-order valence-electron chi connectivity index (χ1n) is 8.92. The van der Waals surface area contributed by atoms with Crippen LogP contribution in [0.2, 0.25) is 5.02 Å². The molecule has 152 valence electrons. The molecule has 0 aliphatic heterocycles. The van der Waals surface area contributed by atoms with Gasteiger partial charge in [0.25, 0.3) is 0 Å². The molecule has 0 radical (unpaired) electrons. The maximum absolute atomic E-state index is 12.2. The van der Waals surface area contributed by atoms with Crippen LogP contribution in [0, 0.1) is 0 Å². The summed E-state index contributed by atoms with van der Waals surface area (Å²) in [6.45, 7) is 2.17. The van der Waals surface area contributed by atoms with Gasteiger partial charge < -0.3 is 16.0 Å². The minimum atomic E-state index is -1.77. The van der Waals surface area contributed by atoms with Gasteiger partial charge in [0.1, 0.15) is 6.17 Å². The highest BCUT2D eigenvalue weighted by Gasteiger charge is 2.34. The summed E-state index contributed by atoms with van der Waals surface area (Å²) < 4.78 is -1.77. The van der Waals surface area contributed by atoms with Crippen LogP contribution in [0.4, 0.5) is 5.69 Å². The molecule has 1 amide bonds. The van der Waals surface area contributed by atoms with Crippen LogP contribution in [0.15, 0.2) is 24.3 Å². The molecule has 27 heavy (non-hydrogen) atoms. The number of halogens is 4. The Labute approximate surface area is 186 Å². The summed E-state index contributed by atoms with van der Waals surface area (Å²) in [4.78, 5) is 12.2. The summed E-state index contributed by atoms with van der Waals surface area (Å²) >= 11 is 29.3. The third-order valence-electron chi connectivity index (χ3n) is 3.79. The number of carbonyl (C=O) groups excluding carboxylic acids is 1. The Hall–Kier alpha value is -0.460. The molecule has 9 heteroatoms. The van der Waals surface area contributed by atoms with Crippen LogP contribution in [0.1, 0.15) is 51.9 Å². The molecule has 3 N–H and O–H groups in total. The van der Waals surface area contributed by atoms with Crippen molar-refractivity contribution in [3.8, 4) is 0 Å². The molecule has 0 aliphatic rings. The SMILES string of the molecule is CCCCCCCCC(=O)N[C@H](NC(=S)Nc1ccccc1Cl)C(Cl)(Cl)Cl. The summed E-state index contributed by atoms with van der Waals surface area (Å²) in [5, 5.41) is 9.10. The first-order valence-corrected chi connectivity index (χ1v) is 10.8. The number of rotatable bonds is 10. The smallest absolute Gasteiger partial charge is 0.228 e. The van der Waals surface area contributed by atoms with Gasteiger partial charge >= 0.3 is 0 Å². The van der Waals surface area contributed by atoms with Crippen LogP contribution in [0.5, 0.6) is 0 Å². The van der Waals surface area contributed by atoms with Crippen molar-refractivity contribution >= 4 is 75.3 Å². The van der Waals surface area contributed by atoms with Crippen LogP contribution in [-0.2, 0) is 4.79 Å². The van der Waals surface area contributed by atoms with E-state index in [4.69, 9.17) is 58.6 Å². The molecule has 0 saturated heterocycles. The molecule has 0 heterocycles. The van der Waals surface area contributed by atoms with Gasteiger partial charge in [0.2, 0.25) is 9.70 Å². The number of hydrogen-bond acceptors (Lipinski definition) is 2. The van der Waals surface area contributed by atoms with E-state index in [0.717, 1.165) is 19.3 Å². The normalized spacial score (nSPS) is 12.3. The summed E-state index contributed by atoms with van der Waals surface area (Å²) in [6.07, 6.45) is 5.93. The average molecular weight is 473 g/mol. The second-order valence-corrected chi connectivity index (χ2v) is 9.32. The van der Waals surface area contributed by atoms with Crippen molar-refractivity contribution in [2.75, 3.05) is 5.32 Å². The quantitative estimate of drug-likeness (QED) is 0.164. The largest absolute Gasteiger partial charge is 0.339 e. The second kappa shape index (κ2) is 12.9. The molecule has 0 fully saturated rings. The Morgan fingerprint density at radius 2 is 1.70 bits per heavy atom. The van der Waals surface area contributed by atoms with Gasteiger partial charge in [0, 0.05) is 6.42 Å². The molecule has 1 rings (SSSR count). The van der Waals surface area contributed by atoms with E-state index in [1.165, 1.54) is 19.3 Å². The summed E-state index contributed by atoms with van der Waals surface area (Å²) in [5.41, 5.74) is 0.609. The Kier molecular flexibility index (Phi) is 11.7. The van der Waals surface area contributed by atoms with E-state index >= 15 is 0 Å². The van der Waals surface area contributed by atoms with Gasteiger partial charge in [-0.25, -0.2) is 0 Å². The van der Waals surface area contributed by atoms with E-state index in [0.29, 0.717) is 17.1 Å². The van der Waals surface area contributed by atoms with Crippen molar-refractivity contribution in [3.05, 3.63) is 29.3 Å². The van der Waals surface area contributed by atoms with Crippen molar-refractivity contribution < 1.29 is 4.79 Å². The first kappa shape index (κ1) is 24.6. The molecule has 0 spiro atoms. The van der Waals surface area contributed by atoms with E-state index in [2.05, 4.69) is 22.9 Å². The van der Waals surface area contributed by atoms with Gasteiger partial charge in [0.05, 0.1) is 10.7 Å². The van der Waals surface area contributed by atoms with Gasteiger partial charge in [-0.1, -0.05) is 97.6 Å². The number of unbranched alkanes of at least 4 members (excludes halogenated alkanes) is 5. The van der Waals surface area contributed by atoms with Crippen molar-refractivity contribution in [1.29, 1.82) is 0 Å².